The van der Waals surface area contributed by atoms with Gasteiger partial charge < -0.3 is 15.7 Å². The molecule has 3 N–H and O–H groups in total. The number of urea groups is 1. The highest BCUT2D eigenvalue weighted by molar-refractivity contribution is 14.1. The number of carboxylic acid groups (broad SMARTS) is 1. The van der Waals surface area contributed by atoms with Crippen LogP contribution in [-0.4, -0.2) is 23.1 Å². The monoisotopic (exact) mass is 410 g/mol. The Hall–Kier alpha value is -1.02. The lowest BCUT2D eigenvalue weighted by Gasteiger charge is -2.20. The summed E-state index contributed by atoms with van der Waals surface area (Å²) in [5.74, 6) is -1.19. The van der Waals surface area contributed by atoms with Crippen LogP contribution in [0.4, 0.5) is 10.5 Å². The number of anilines is 1. The molecule has 0 saturated carbocycles. The molecule has 0 aromatic heterocycles. The summed E-state index contributed by atoms with van der Waals surface area (Å²) in [4.78, 5) is 23.0. The number of nitrogens with one attached hydrogen (secondary N) is 2. The third-order valence-corrected chi connectivity index (χ3v) is 4.07. The van der Waals surface area contributed by atoms with Gasteiger partial charge in [-0.1, -0.05) is 31.9 Å². The van der Waals surface area contributed by atoms with E-state index in [1.54, 1.807) is 25.1 Å². The Morgan fingerprint density at radius 2 is 2.10 bits per heavy atom. The number of rotatable bonds is 5. The SMILES string of the molecule is CCC(C)C(NC(=O)Nc1ccc(Cl)cc1I)C(=O)O. The van der Waals surface area contributed by atoms with Crippen LogP contribution in [0.1, 0.15) is 20.3 Å². The highest BCUT2D eigenvalue weighted by Crippen LogP contribution is 2.22. The van der Waals surface area contributed by atoms with E-state index < -0.39 is 18.0 Å². The number of benzene rings is 1. The molecular weight excluding hydrogens is 395 g/mol. The number of amides is 2. The molecule has 0 heterocycles. The van der Waals surface area contributed by atoms with E-state index in [0.29, 0.717) is 17.1 Å². The van der Waals surface area contributed by atoms with Gasteiger partial charge >= 0.3 is 12.0 Å². The molecule has 2 atom stereocenters. The summed E-state index contributed by atoms with van der Waals surface area (Å²) < 4.78 is 0.778. The van der Waals surface area contributed by atoms with Crippen LogP contribution in [-0.2, 0) is 4.79 Å². The Bertz CT molecular complexity index is 510. The lowest BCUT2D eigenvalue weighted by atomic mass is 9.99. The van der Waals surface area contributed by atoms with E-state index in [1.807, 2.05) is 29.5 Å². The van der Waals surface area contributed by atoms with Crippen molar-refractivity contribution in [3.05, 3.63) is 26.8 Å². The molecule has 1 aromatic rings. The predicted molar refractivity (Wildman–Crippen MR) is 87.2 cm³/mol. The molecule has 0 bridgehead atoms. The zero-order valence-corrected chi connectivity index (χ0v) is 14.0. The Morgan fingerprint density at radius 1 is 1.45 bits per heavy atom. The molecule has 7 heteroatoms. The molecule has 0 saturated heterocycles. The third kappa shape index (κ3) is 4.82. The molecule has 2 unspecified atom stereocenters. The van der Waals surface area contributed by atoms with Crippen LogP contribution >= 0.6 is 34.2 Å². The molecule has 1 rings (SSSR count). The Morgan fingerprint density at radius 3 is 2.60 bits per heavy atom. The van der Waals surface area contributed by atoms with Crippen molar-refractivity contribution >= 4 is 51.9 Å². The van der Waals surface area contributed by atoms with Crippen molar-refractivity contribution in [3.63, 3.8) is 0 Å². The minimum Gasteiger partial charge on any atom is -0.480 e. The molecule has 20 heavy (non-hydrogen) atoms. The van der Waals surface area contributed by atoms with Crippen LogP contribution in [0.2, 0.25) is 5.02 Å². The summed E-state index contributed by atoms with van der Waals surface area (Å²) in [5, 5.41) is 14.8. The summed E-state index contributed by atoms with van der Waals surface area (Å²) in [7, 11) is 0. The molecule has 5 nitrogen and oxygen atoms in total. The summed E-state index contributed by atoms with van der Waals surface area (Å²) in [5.41, 5.74) is 0.584. The second kappa shape index (κ2) is 7.68. The number of aliphatic carboxylic acids is 1. The van der Waals surface area contributed by atoms with Gasteiger partial charge in [-0.3, -0.25) is 0 Å². The molecule has 0 radical (unpaired) electrons. The van der Waals surface area contributed by atoms with Crippen LogP contribution in [0.5, 0.6) is 0 Å². The van der Waals surface area contributed by atoms with Crippen LogP contribution < -0.4 is 10.6 Å². The quantitative estimate of drug-likeness (QED) is 0.650. The topological polar surface area (TPSA) is 78.4 Å². The molecule has 0 spiro atoms. The van der Waals surface area contributed by atoms with Crippen molar-refractivity contribution in [1.82, 2.24) is 5.32 Å². The molecule has 2 amide bonds. The maximum Gasteiger partial charge on any atom is 0.326 e. The van der Waals surface area contributed by atoms with Gasteiger partial charge in [-0.25, -0.2) is 9.59 Å². The standard InChI is InChI=1S/C13H16ClIN2O3/c1-3-7(2)11(12(18)19)17-13(20)16-10-5-4-8(14)6-9(10)15/h4-7,11H,3H2,1-2H3,(H,18,19)(H2,16,17,20). The fourth-order valence-corrected chi connectivity index (χ4v) is 2.58. The van der Waals surface area contributed by atoms with Gasteiger partial charge in [0.2, 0.25) is 0 Å². The first-order valence-electron chi connectivity index (χ1n) is 6.10. The van der Waals surface area contributed by atoms with Gasteiger partial charge in [-0.05, 0) is 46.7 Å². The Balaban J connectivity index is 2.73. The average molecular weight is 411 g/mol. The third-order valence-electron chi connectivity index (χ3n) is 2.94. The summed E-state index contributed by atoms with van der Waals surface area (Å²) in [6.07, 6.45) is 0.662. The molecular formula is C13H16ClIN2O3. The number of carboxylic acids is 1. The van der Waals surface area contributed by atoms with Crippen molar-refractivity contribution in [3.8, 4) is 0 Å². The highest BCUT2D eigenvalue weighted by Gasteiger charge is 2.25. The Kier molecular flexibility index (Phi) is 6.54. The minimum atomic E-state index is -1.04. The summed E-state index contributed by atoms with van der Waals surface area (Å²) in [6, 6.07) is 3.58. The molecule has 0 fully saturated rings. The predicted octanol–water partition coefficient (Wildman–Crippen LogP) is 3.57. The van der Waals surface area contributed by atoms with Crippen LogP contribution in [0.25, 0.3) is 0 Å². The van der Waals surface area contributed by atoms with Gasteiger partial charge in [-0.2, -0.15) is 0 Å². The van der Waals surface area contributed by atoms with Crippen molar-refractivity contribution in [2.24, 2.45) is 5.92 Å². The van der Waals surface area contributed by atoms with E-state index >= 15 is 0 Å². The zero-order valence-electron chi connectivity index (χ0n) is 11.1. The van der Waals surface area contributed by atoms with E-state index in [9.17, 15) is 9.59 Å². The normalized spacial score (nSPS) is 13.4. The summed E-state index contributed by atoms with van der Waals surface area (Å²) >= 11 is 7.87. The number of carbonyl (C=O) groups is 2. The first kappa shape index (κ1) is 17.0. The fraction of sp³-hybridized carbons (Fsp3) is 0.385. The van der Waals surface area contributed by atoms with E-state index in [1.165, 1.54) is 0 Å². The van der Waals surface area contributed by atoms with Gasteiger partial charge in [0.1, 0.15) is 6.04 Å². The zero-order chi connectivity index (χ0) is 15.3. The molecule has 0 aliphatic carbocycles. The second-order valence-electron chi connectivity index (χ2n) is 4.42. The van der Waals surface area contributed by atoms with E-state index in [2.05, 4.69) is 10.6 Å². The molecule has 110 valence electrons. The minimum absolute atomic E-state index is 0.150. The van der Waals surface area contributed by atoms with Crippen LogP contribution in [0, 0.1) is 9.49 Å². The van der Waals surface area contributed by atoms with Crippen molar-refractivity contribution < 1.29 is 14.7 Å². The number of halogens is 2. The fourth-order valence-electron chi connectivity index (χ4n) is 1.57. The Labute approximate surface area is 136 Å². The lowest BCUT2D eigenvalue weighted by Crippen LogP contribution is -2.46. The largest absolute Gasteiger partial charge is 0.480 e. The van der Waals surface area contributed by atoms with Crippen molar-refractivity contribution in [1.29, 1.82) is 0 Å². The van der Waals surface area contributed by atoms with E-state index in [4.69, 9.17) is 16.7 Å². The van der Waals surface area contributed by atoms with E-state index in [-0.39, 0.29) is 5.92 Å². The molecule has 0 aliphatic heterocycles. The van der Waals surface area contributed by atoms with Crippen molar-refractivity contribution in [2.75, 3.05) is 5.32 Å². The molecule has 0 aliphatic rings. The maximum atomic E-state index is 11.9. The van der Waals surface area contributed by atoms with Gasteiger partial charge in [0, 0.05) is 8.59 Å². The second-order valence-corrected chi connectivity index (χ2v) is 6.02. The smallest absolute Gasteiger partial charge is 0.326 e. The number of hydrogen-bond acceptors (Lipinski definition) is 2. The molecule has 1 aromatic carbocycles. The lowest BCUT2D eigenvalue weighted by molar-refractivity contribution is -0.140. The first-order chi connectivity index (χ1) is 9.35. The summed E-state index contributed by atoms with van der Waals surface area (Å²) in [6.45, 7) is 3.66. The van der Waals surface area contributed by atoms with Gasteiger partial charge in [0.05, 0.1) is 5.69 Å². The van der Waals surface area contributed by atoms with Crippen LogP contribution in [0.3, 0.4) is 0 Å². The van der Waals surface area contributed by atoms with Crippen molar-refractivity contribution in [2.45, 2.75) is 26.3 Å². The number of hydrogen-bond donors (Lipinski definition) is 3. The number of carbonyl (C=O) groups excluding carboxylic acids is 1. The van der Waals surface area contributed by atoms with E-state index in [0.717, 1.165) is 3.57 Å². The first-order valence-corrected chi connectivity index (χ1v) is 7.56. The van der Waals surface area contributed by atoms with Gasteiger partial charge in [0.15, 0.2) is 0 Å². The highest BCUT2D eigenvalue weighted by atomic mass is 127. The average Bonchev–Trinajstić information content (AvgIpc) is 2.38. The van der Waals surface area contributed by atoms with Gasteiger partial charge in [-0.15, -0.1) is 0 Å². The van der Waals surface area contributed by atoms with Crippen LogP contribution in [0.15, 0.2) is 18.2 Å². The van der Waals surface area contributed by atoms with Gasteiger partial charge in [0.25, 0.3) is 0 Å². The maximum absolute atomic E-state index is 11.9.